The molecule has 2 aromatic heterocycles. The molecule has 1 amide bonds. The summed E-state index contributed by atoms with van der Waals surface area (Å²) >= 11 is 0. The molecule has 12 heteroatoms. The summed E-state index contributed by atoms with van der Waals surface area (Å²) in [6, 6.07) is 7.13. The van der Waals surface area contributed by atoms with Gasteiger partial charge in [-0.25, -0.2) is 9.97 Å². The smallest absolute Gasteiger partial charge is 0.370 e. The zero-order valence-corrected chi connectivity index (χ0v) is 20.0. The standard InChI is InChI=1S/C25H26F3N7O2/c26-25(27,28)19-12-30-23(32-17-1-3-18(4-2-17)34-9-10-37-14-21(34)36)33-22(19)16-11-31-35(13-16)20-5-8-29-15-24(20)6-7-24/h1-4,11-13,20,29H,5-10,14-15H2,(H,30,32,33). The molecule has 3 aliphatic rings. The van der Waals surface area contributed by atoms with Crippen LogP contribution in [0.3, 0.4) is 0 Å². The first kappa shape index (κ1) is 23.9. The lowest BCUT2D eigenvalue weighted by Gasteiger charge is -2.32. The number of aromatic nitrogens is 4. The van der Waals surface area contributed by atoms with Gasteiger partial charge in [-0.2, -0.15) is 18.3 Å². The molecule has 9 nitrogen and oxygen atoms in total. The van der Waals surface area contributed by atoms with Gasteiger partial charge in [-0.05, 0) is 50.1 Å². The van der Waals surface area contributed by atoms with E-state index in [-0.39, 0.29) is 35.6 Å². The third kappa shape index (κ3) is 4.66. The Kier molecular flexibility index (Phi) is 5.87. The Morgan fingerprint density at radius 1 is 1.16 bits per heavy atom. The Hall–Kier alpha value is -3.51. The molecule has 2 saturated heterocycles. The molecule has 1 spiro atoms. The number of ether oxygens (including phenoxy) is 1. The molecule has 6 rings (SSSR count). The van der Waals surface area contributed by atoms with Crippen LogP contribution < -0.4 is 15.5 Å². The largest absolute Gasteiger partial charge is 0.419 e. The van der Waals surface area contributed by atoms with Crippen LogP contribution >= 0.6 is 0 Å². The van der Waals surface area contributed by atoms with Crippen LogP contribution in [0.15, 0.2) is 42.9 Å². The first-order chi connectivity index (χ1) is 17.8. The summed E-state index contributed by atoms with van der Waals surface area (Å²) in [6.07, 6.45) is 2.38. The summed E-state index contributed by atoms with van der Waals surface area (Å²) < 4.78 is 48.6. The van der Waals surface area contributed by atoms with E-state index < -0.39 is 11.7 Å². The molecule has 0 bridgehead atoms. The van der Waals surface area contributed by atoms with E-state index in [0.29, 0.717) is 30.1 Å². The second-order valence-corrected chi connectivity index (χ2v) is 9.78. The Morgan fingerprint density at radius 3 is 2.70 bits per heavy atom. The minimum Gasteiger partial charge on any atom is -0.370 e. The molecule has 4 heterocycles. The Bertz CT molecular complexity index is 1300. The number of benzene rings is 1. The highest BCUT2D eigenvalue weighted by atomic mass is 19.4. The van der Waals surface area contributed by atoms with Gasteiger partial charge in [-0.3, -0.25) is 9.48 Å². The van der Waals surface area contributed by atoms with Crippen LogP contribution in [-0.2, 0) is 15.7 Å². The number of alkyl halides is 3. The van der Waals surface area contributed by atoms with Crippen LogP contribution in [0.1, 0.15) is 30.9 Å². The monoisotopic (exact) mass is 513 g/mol. The van der Waals surface area contributed by atoms with Gasteiger partial charge in [-0.1, -0.05) is 0 Å². The molecule has 1 atom stereocenters. The van der Waals surface area contributed by atoms with E-state index in [0.717, 1.165) is 38.5 Å². The molecular weight excluding hydrogens is 487 g/mol. The first-order valence-electron chi connectivity index (χ1n) is 12.3. The first-order valence-corrected chi connectivity index (χ1v) is 12.3. The Labute approximate surface area is 211 Å². The number of amides is 1. The van der Waals surface area contributed by atoms with Crippen molar-refractivity contribution in [3.63, 3.8) is 0 Å². The summed E-state index contributed by atoms with van der Waals surface area (Å²) in [5.41, 5.74) is 0.608. The van der Waals surface area contributed by atoms with Crippen molar-refractivity contribution < 1.29 is 22.7 Å². The Balaban J connectivity index is 1.26. The van der Waals surface area contributed by atoms with Gasteiger partial charge < -0.3 is 20.3 Å². The van der Waals surface area contributed by atoms with Crippen molar-refractivity contribution in [2.75, 3.05) is 43.1 Å². The molecule has 2 N–H and O–H groups in total. The van der Waals surface area contributed by atoms with E-state index >= 15 is 0 Å². The predicted octanol–water partition coefficient (Wildman–Crippen LogP) is 3.78. The highest BCUT2D eigenvalue weighted by Crippen LogP contribution is 2.56. The minimum absolute atomic E-state index is 0.0338. The number of carbonyl (C=O) groups is 1. The van der Waals surface area contributed by atoms with E-state index in [2.05, 4.69) is 25.7 Å². The van der Waals surface area contributed by atoms with E-state index in [1.54, 1.807) is 35.4 Å². The molecule has 0 radical (unpaired) electrons. The van der Waals surface area contributed by atoms with Crippen LogP contribution in [0.25, 0.3) is 11.3 Å². The van der Waals surface area contributed by atoms with Crippen LogP contribution in [-0.4, -0.2) is 58.5 Å². The summed E-state index contributed by atoms with van der Waals surface area (Å²) in [7, 11) is 0. The van der Waals surface area contributed by atoms with E-state index in [4.69, 9.17) is 4.74 Å². The molecule has 1 aliphatic carbocycles. The van der Waals surface area contributed by atoms with E-state index in [1.165, 1.54) is 6.20 Å². The highest BCUT2D eigenvalue weighted by Gasteiger charge is 2.51. The lowest BCUT2D eigenvalue weighted by Crippen LogP contribution is -2.41. The molecule has 2 aliphatic heterocycles. The maximum Gasteiger partial charge on any atom is 0.419 e. The summed E-state index contributed by atoms with van der Waals surface area (Å²) in [6.45, 7) is 2.72. The van der Waals surface area contributed by atoms with Crippen molar-refractivity contribution >= 4 is 23.2 Å². The van der Waals surface area contributed by atoms with Crippen LogP contribution in [0.4, 0.5) is 30.5 Å². The van der Waals surface area contributed by atoms with E-state index in [1.807, 2.05) is 4.68 Å². The van der Waals surface area contributed by atoms with Crippen molar-refractivity contribution in [2.45, 2.75) is 31.5 Å². The van der Waals surface area contributed by atoms with Gasteiger partial charge >= 0.3 is 6.18 Å². The lowest BCUT2D eigenvalue weighted by molar-refractivity contribution is -0.137. The van der Waals surface area contributed by atoms with Crippen molar-refractivity contribution in [2.24, 2.45) is 5.41 Å². The van der Waals surface area contributed by atoms with E-state index in [9.17, 15) is 18.0 Å². The van der Waals surface area contributed by atoms with Crippen molar-refractivity contribution in [3.05, 3.63) is 48.4 Å². The molecule has 194 valence electrons. The zero-order chi connectivity index (χ0) is 25.6. The van der Waals surface area contributed by atoms with Gasteiger partial charge in [-0.15, -0.1) is 0 Å². The number of piperidine rings is 1. The van der Waals surface area contributed by atoms with Gasteiger partial charge in [0.1, 0.15) is 12.2 Å². The predicted molar refractivity (Wildman–Crippen MR) is 129 cm³/mol. The number of morpholine rings is 1. The fourth-order valence-corrected chi connectivity index (χ4v) is 5.23. The number of carbonyl (C=O) groups excluding carboxylic acids is 1. The summed E-state index contributed by atoms with van der Waals surface area (Å²) in [5.74, 6) is -0.0909. The number of nitrogens with zero attached hydrogens (tertiary/aromatic N) is 5. The second-order valence-electron chi connectivity index (χ2n) is 9.78. The average Bonchev–Trinajstić information content (AvgIpc) is 3.46. The third-order valence-electron chi connectivity index (χ3n) is 7.38. The van der Waals surface area contributed by atoms with Gasteiger partial charge in [0.15, 0.2) is 0 Å². The zero-order valence-electron chi connectivity index (χ0n) is 20.0. The normalized spacial score (nSPS) is 21.3. The highest BCUT2D eigenvalue weighted by molar-refractivity contribution is 5.95. The van der Waals surface area contributed by atoms with Crippen LogP contribution in [0.2, 0.25) is 0 Å². The lowest BCUT2D eigenvalue weighted by atomic mass is 9.90. The van der Waals surface area contributed by atoms with Crippen molar-refractivity contribution in [1.82, 2.24) is 25.1 Å². The van der Waals surface area contributed by atoms with Crippen molar-refractivity contribution in [3.8, 4) is 11.3 Å². The average molecular weight is 514 g/mol. The van der Waals surface area contributed by atoms with Gasteiger partial charge in [0.25, 0.3) is 5.91 Å². The summed E-state index contributed by atoms with van der Waals surface area (Å²) in [4.78, 5) is 21.9. The van der Waals surface area contributed by atoms with Gasteiger partial charge in [0.2, 0.25) is 5.95 Å². The van der Waals surface area contributed by atoms with Gasteiger partial charge in [0, 0.05) is 47.8 Å². The third-order valence-corrected chi connectivity index (χ3v) is 7.38. The maximum absolute atomic E-state index is 13.9. The number of nitrogens with one attached hydrogen (secondary N) is 2. The molecular formula is C25H26F3N7O2. The number of hydrogen-bond donors (Lipinski definition) is 2. The SMILES string of the molecule is O=C1COCCN1c1ccc(Nc2ncc(C(F)(F)F)c(-c3cnn(C4CCNCC45CC5)c3)n2)cc1. The van der Waals surface area contributed by atoms with Crippen LogP contribution in [0, 0.1) is 5.41 Å². The summed E-state index contributed by atoms with van der Waals surface area (Å²) in [5, 5.41) is 10.8. The second kappa shape index (κ2) is 9.10. The van der Waals surface area contributed by atoms with Gasteiger partial charge in [0.05, 0.1) is 24.5 Å². The number of anilines is 3. The molecule has 1 unspecified atom stereocenters. The minimum atomic E-state index is -4.62. The molecule has 3 aromatic rings. The maximum atomic E-state index is 13.9. The fourth-order valence-electron chi connectivity index (χ4n) is 5.23. The van der Waals surface area contributed by atoms with Crippen LogP contribution in [0.5, 0.6) is 0 Å². The Morgan fingerprint density at radius 2 is 1.97 bits per heavy atom. The quantitative estimate of drug-likeness (QED) is 0.536. The number of halogens is 3. The molecule has 1 saturated carbocycles. The molecule has 1 aromatic carbocycles. The van der Waals surface area contributed by atoms with Crippen molar-refractivity contribution in [1.29, 1.82) is 0 Å². The number of hydrogen-bond acceptors (Lipinski definition) is 7. The fraction of sp³-hybridized carbons (Fsp3) is 0.440. The molecule has 3 fully saturated rings. The molecule has 37 heavy (non-hydrogen) atoms. The topological polar surface area (TPSA) is 97.2 Å². The number of rotatable bonds is 5.